The smallest absolute Gasteiger partial charge is 0.261 e. The number of carbonyl (C=O) groups excluding carboxylic acids is 2. The number of methoxy groups -OCH3 is 1. The van der Waals surface area contributed by atoms with Crippen LogP contribution in [0.4, 0.5) is 0 Å². The van der Waals surface area contributed by atoms with Gasteiger partial charge in [-0.25, -0.2) is 4.98 Å². The Labute approximate surface area is 209 Å². The van der Waals surface area contributed by atoms with E-state index in [1.807, 2.05) is 36.4 Å². The molecule has 5 rings (SSSR count). The third-order valence-electron chi connectivity index (χ3n) is 7.04. The van der Waals surface area contributed by atoms with E-state index in [2.05, 4.69) is 4.98 Å². The van der Waals surface area contributed by atoms with Crippen molar-refractivity contribution in [2.24, 2.45) is 5.92 Å². The lowest BCUT2D eigenvalue weighted by molar-refractivity contribution is -0.127. The molecular formula is C28H28N2O6. The van der Waals surface area contributed by atoms with E-state index in [1.165, 1.54) is 4.90 Å². The van der Waals surface area contributed by atoms with Gasteiger partial charge in [0, 0.05) is 30.3 Å². The van der Waals surface area contributed by atoms with Crippen LogP contribution in [0.5, 0.6) is 5.88 Å². The first-order valence-corrected chi connectivity index (χ1v) is 12.0. The first-order valence-electron chi connectivity index (χ1n) is 12.0. The summed E-state index contributed by atoms with van der Waals surface area (Å²) in [6, 6.07) is 18.6. The van der Waals surface area contributed by atoms with Crippen LogP contribution in [-0.2, 0) is 11.2 Å². The van der Waals surface area contributed by atoms with E-state index in [4.69, 9.17) is 9.47 Å². The molecule has 2 aromatic carbocycles. The Morgan fingerprint density at radius 2 is 1.58 bits per heavy atom. The summed E-state index contributed by atoms with van der Waals surface area (Å²) in [7, 11) is 1.58. The highest BCUT2D eigenvalue weighted by molar-refractivity contribution is 6.21. The fraction of sp³-hybridized carbons (Fsp3) is 0.321. The number of hydrogen-bond acceptors (Lipinski definition) is 7. The standard InChI is InChI=1S/C28H28N2O6/c1-35-24-13-11-19(16-29-24)18-9-6-17(7-10-18)8-12-23-22(25(31)28(34)36-23)14-15-30-26(32)20-4-2-3-5-21(20)27(30)33/h2-7,9-11,13,16,22-23,25,28,31,34H,8,12,14-15H2,1H3/t22-,23+,25?,28?/m0/s1. The number of carbonyl (C=O) groups is 2. The number of amides is 2. The van der Waals surface area contributed by atoms with Gasteiger partial charge in [0.05, 0.1) is 24.3 Å². The van der Waals surface area contributed by atoms with E-state index in [9.17, 15) is 19.8 Å². The molecule has 36 heavy (non-hydrogen) atoms. The molecule has 0 spiro atoms. The third-order valence-corrected chi connectivity index (χ3v) is 7.04. The number of imide groups is 1. The Morgan fingerprint density at radius 3 is 2.19 bits per heavy atom. The van der Waals surface area contributed by atoms with Crippen LogP contribution in [0.1, 0.15) is 39.1 Å². The minimum atomic E-state index is -1.29. The van der Waals surface area contributed by atoms with Crippen molar-refractivity contribution >= 4 is 11.8 Å². The lowest BCUT2D eigenvalue weighted by Crippen LogP contribution is -2.35. The van der Waals surface area contributed by atoms with Gasteiger partial charge in [0.2, 0.25) is 5.88 Å². The number of aliphatic hydroxyl groups excluding tert-OH is 2. The first kappa shape index (κ1) is 24.1. The zero-order valence-electron chi connectivity index (χ0n) is 19.9. The molecule has 1 fully saturated rings. The second kappa shape index (κ2) is 10.2. The van der Waals surface area contributed by atoms with Crippen LogP contribution >= 0.6 is 0 Å². The number of aromatic nitrogens is 1. The van der Waals surface area contributed by atoms with Crippen LogP contribution in [0.15, 0.2) is 66.9 Å². The van der Waals surface area contributed by atoms with Gasteiger partial charge in [0.15, 0.2) is 6.29 Å². The van der Waals surface area contributed by atoms with Crippen LogP contribution in [0.2, 0.25) is 0 Å². The fourth-order valence-electron chi connectivity index (χ4n) is 5.00. The van der Waals surface area contributed by atoms with Gasteiger partial charge in [0.25, 0.3) is 11.8 Å². The molecule has 3 aromatic rings. The molecule has 2 unspecified atom stereocenters. The zero-order chi connectivity index (χ0) is 25.2. The van der Waals surface area contributed by atoms with Crippen molar-refractivity contribution in [3.63, 3.8) is 0 Å². The number of ether oxygens (including phenoxy) is 2. The van der Waals surface area contributed by atoms with E-state index in [1.54, 1.807) is 37.6 Å². The van der Waals surface area contributed by atoms with Gasteiger partial charge in [-0.05, 0) is 48.6 Å². The minimum absolute atomic E-state index is 0.158. The van der Waals surface area contributed by atoms with E-state index < -0.39 is 24.4 Å². The molecular weight excluding hydrogens is 460 g/mol. The van der Waals surface area contributed by atoms with E-state index >= 15 is 0 Å². The summed E-state index contributed by atoms with van der Waals surface area (Å²) in [5.74, 6) is -0.482. The van der Waals surface area contributed by atoms with Gasteiger partial charge in [-0.15, -0.1) is 0 Å². The monoisotopic (exact) mass is 488 g/mol. The summed E-state index contributed by atoms with van der Waals surface area (Å²) in [6.45, 7) is 0.158. The SMILES string of the molecule is COc1ccc(-c2ccc(CC[C@H]3OC(O)C(O)[C@H]3CCN3C(=O)c4ccccc4C3=O)cc2)cn1. The van der Waals surface area contributed by atoms with E-state index in [-0.39, 0.29) is 18.4 Å². The molecule has 186 valence electrons. The number of benzene rings is 2. The molecule has 0 saturated carbocycles. The molecule has 4 atom stereocenters. The molecule has 2 N–H and O–H groups in total. The van der Waals surface area contributed by atoms with Crippen LogP contribution in [0.3, 0.4) is 0 Å². The van der Waals surface area contributed by atoms with Crippen LogP contribution in [-0.4, -0.2) is 64.1 Å². The average molecular weight is 489 g/mol. The van der Waals surface area contributed by atoms with Crippen LogP contribution < -0.4 is 4.74 Å². The summed E-state index contributed by atoms with van der Waals surface area (Å²) in [5, 5.41) is 20.7. The Bertz CT molecular complexity index is 1210. The van der Waals surface area contributed by atoms with Crippen molar-refractivity contribution in [1.82, 2.24) is 9.88 Å². The molecule has 3 heterocycles. The largest absolute Gasteiger partial charge is 0.481 e. The molecule has 0 radical (unpaired) electrons. The Hall–Kier alpha value is -3.59. The van der Waals surface area contributed by atoms with E-state index in [0.717, 1.165) is 16.7 Å². The zero-order valence-corrected chi connectivity index (χ0v) is 19.9. The number of hydrogen-bond donors (Lipinski definition) is 2. The number of fused-ring (bicyclic) bond motifs is 1. The topological polar surface area (TPSA) is 109 Å². The molecule has 0 aliphatic carbocycles. The number of aryl methyl sites for hydroxylation is 1. The van der Waals surface area contributed by atoms with Crippen LogP contribution in [0, 0.1) is 5.92 Å². The summed E-state index contributed by atoms with van der Waals surface area (Å²) in [5.41, 5.74) is 3.92. The highest BCUT2D eigenvalue weighted by Crippen LogP contribution is 2.33. The molecule has 1 aromatic heterocycles. The number of pyridine rings is 1. The van der Waals surface area contributed by atoms with Crippen LogP contribution in [0.25, 0.3) is 11.1 Å². The molecule has 8 nitrogen and oxygen atoms in total. The van der Waals surface area contributed by atoms with Crippen molar-refractivity contribution in [3.05, 3.63) is 83.6 Å². The molecule has 1 saturated heterocycles. The minimum Gasteiger partial charge on any atom is -0.481 e. The summed E-state index contributed by atoms with van der Waals surface area (Å²) in [6.07, 6.45) is 0.636. The summed E-state index contributed by atoms with van der Waals surface area (Å²) >= 11 is 0. The second-order valence-corrected chi connectivity index (χ2v) is 9.14. The molecule has 0 bridgehead atoms. The maximum absolute atomic E-state index is 12.7. The second-order valence-electron chi connectivity index (χ2n) is 9.14. The van der Waals surface area contributed by atoms with Gasteiger partial charge < -0.3 is 19.7 Å². The predicted octanol–water partition coefficient (Wildman–Crippen LogP) is 3.07. The summed E-state index contributed by atoms with van der Waals surface area (Å²) in [4.78, 5) is 30.8. The van der Waals surface area contributed by atoms with Gasteiger partial charge in [0.1, 0.15) is 6.10 Å². The number of nitrogens with zero attached hydrogens (tertiary/aromatic N) is 2. The van der Waals surface area contributed by atoms with Crippen molar-refractivity contribution in [2.75, 3.05) is 13.7 Å². The average Bonchev–Trinajstić information content (AvgIpc) is 3.33. The lowest BCUT2D eigenvalue weighted by Gasteiger charge is -2.22. The molecule has 2 aliphatic rings. The van der Waals surface area contributed by atoms with Crippen molar-refractivity contribution in [1.29, 1.82) is 0 Å². The summed E-state index contributed by atoms with van der Waals surface area (Å²) < 4.78 is 10.8. The predicted molar refractivity (Wildman–Crippen MR) is 131 cm³/mol. The first-order chi connectivity index (χ1) is 17.5. The molecule has 2 aliphatic heterocycles. The normalized spacial score (nSPS) is 23.2. The Balaban J connectivity index is 1.20. The van der Waals surface area contributed by atoms with Gasteiger partial charge in [-0.2, -0.15) is 0 Å². The number of rotatable bonds is 8. The molecule has 2 amide bonds. The maximum Gasteiger partial charge on any atom is 0.261 e. The Morgan fingerprint density at radius 1 is 0.917 bits per heavy atom. The van der Waals surface area contributed by atoms with Gasteiger partial charge >= 0.3 is 0 Å². The number of aliphatic hydroxyl groups is 2. The Kier molecular flexibility index (Phi) is 6.82. The van der Waals surface area contributed by atoms with Crippen molar-refractivity contribution < 1.29 is 29.3 Å². The maximum atomic E-state index is 12.7. The van der Waals surface area contributed by atoms with Gasteiger partial charge in [-0.1, -0.05) is 36.4 Å². The highest BCUT2D eigenvalue weighted by atomic mass is 16.6. The third kappa shape index (κ3) is 4.63. The molecule has 8 heteroatoms. The van der Waals surface area contributed by atoms with Crippen molar-refractivity contribution in [3.8, 4) is 17.0 Å². The van der Waals surface area contributed by atoms with Crippen molar-refractivity contribution in [2.45, 2.75) is 37.8 Å². The lowest BCUT2D eigenvalue weighted by atomic mass is 9.90. The van der Waals surface area contributed by atoms with Gasteiger partial charge in [-0.3, -0.25) is 14.5 Å². The quantitative estimate of drug-likeness (QED) is 0.469. The van der Waals surface area contributed by atoms with E-state index in [0.29, 0.717) is 36.3 Å². The highest BCUT2D eigenvalue weighted by Gasteiger charge is 2.43. The fourth-order valence-corrected chi connectivity index (χ4v) is 5.00.